The molecule has 0 fully saturated rings. The summed E-state index contributed by atoms with van der Waals surface area (Å²) < 4.78 is 15.0. The standard InChI is InChI=1S/C25H11BN2O2/c27-12-13-10-20-23-21(11-13)30-19-9-8-15-14-4-1-2-5-16(14)28-17-6-3-7-18(29-20)22(17)26(23)24(19)25(15)28/h1-11H. The molecule has 5 aromatic rings. The van der Waals surface area contributed by atoms with Gasteiger partial charge in [-0.3, -0.25) is 0 Å². The van der Waals surface area contributed by atoms with Crippen LogP contribution in [0.25, 0.3) is 27.5 Å². The van der Waals surface area contributed by atoms with Gasteiger partial charge in [0, 0.05) is 21.9 Å². The minimum Gasteiger partial charge on any atom is -0.458 e. The normalized spacial score (nSPS) is 13.8. The minimum absolute atomic E-state index is 0.0342. The van der Waals surface area contributed by atoms with Crippen LogP contribution in [0.15, 0.2) is 66.7 Å². The summed E-state index contributed by atoms with van der Waals surface area (Å²) in [7, 11) is 0. The van der Waals surface area contributed by atoms with Crippen LogP contribution in [-0.2, 0) is 0 Å². The molecule has 0 saturated carbocycles. The number of aromatic nitrogens is 1. The van der Waals surface area contributed by atoms with Gasteiger partial charge in [0.1, 0.15) is 23.0 Å². The molecule has 4 heterocycles. The molecule has 0 spiro atoms. The molecule has 0 N–H and O–H groups in total. The van der Waals surface area contributed by atoms with Gasteiger partial charge in [-0.2, -0.15) is 5.26 Å². The molecule has 0 unspecified atom stereocenters. The molecular weight excluding hydrogens is 371 g/mol. The zero-order chi connectivity index (χ0) is 19.6. The first-order chi connectivity index (χ1) is 14.8. The summed E-state index contributed by atoms with van der Waals surface area (Å²) in [6.07, 6.45) is 0. The van der Waals surface area contributed by atoms with E-state index in [2.05, 4.69) is 53.1 Å². The van der Waals surface area contributed by atoms with E-state index < -0.39 is 0 Å². The molecule has 0 aliphatic carbocycles. The maximum atomic E-state index is 9.50. The maximum absolute atomic E-state index is 9.50. The predicted octanol–water partition coefficient (Wildman–Crippen LogP) is 3.70. The second-order valence-corrected chi connectivity index (χ2v) is 8.05. The highest BCUT2D eigenvalue weighted by Gasteiger charge is 2.46. The summed E-state index contributed by atoms with van der Waals surface area (Å²) in [5, 5.41) is 12.0. The van der Waals surface area contributed by atoms with E-state index in [-0.39, 0.29) is 6.71 Å². The van der Waals surface area contributed by atoms with Crippen LogP contribution in [0.4, 0.5) is 0 Å². The number of benzene rings is 4. The molecule has 136 valence electrons. The van der Waals surface area contributed by atoms with Gasteiger partial charge in [-0.15, -0.1) is 0 Å². The van der Waals surface area contributed by atoms with E-state index in [1.807, 2.05) is 24.3 Å². The predicted molar refractivity (Wildman–Crippen MR) is 117 cm³/mol. The molecule has 8 rings (SSSR count). The molecule has 0 radical (unpaired) electrons. The summed E-state index contributed by atoms with van der Waals surface area (Å²) in [6, 6.07) is 24.9. The van der Waals surface area contributed by atoms with E-state index in [9.17, 15) is 5.26 Å². The summed E-state index contributed by atoms with van der Waals surface area (Å²) in [5.41, 5.74) is 7.45. The number of hydrogen-bond donors (Lipinski definition) is 0. The zero-order valence-electron chi connectivity index (χ0n) is 15.6. The van der Waals surface area contributed by atoms with Crippen molar-refractivity contribution in [3.05, 3.63) is 72.3 Å². The second-order valence-electron chi connectivity index (χ2n) is 8.05. The third-order valence-corrected chi connectivity index (χ3v) is 6.66. The zero-order valence-corrected chi connectivity index (χ0v) is 15.6. The van der Waals surface area contributed by atoms with Crippen molar-refractivity contribution in [2.75, 3.05) is 0 Å². The van der Waals surface area contributed by atoms with Crippen LogP contribution in [0.1, 0.15) is 5.56 Å². The smallest absolute Gasteiger partial charge is 0.266 e. The Hall–Kier alpha value is -4.17. The van der Waals surface area contributed by atoms with Gasteiger partial charge < -0.3 is 14.0 Å². The first-order valence-corrected chi connectivity index (χ1v) is 9.96. The number of ether oxygens (including phenoxy) is 2. The van der Waals surface area contributed by atoms with Gasteiger partial charge in [0.2, 0.25) is 0 Å². The highest BCUT2D eigenvalue weighted by Crippen LogP contribution is 2.42. The maximum Gasteiger partial charge on any atom is 0.266 e. The number of hydrogen-bond acceptors (Lipinski definition) is 3. The molecule has 30 heavy (non-hydrogen) atoms. The Morgan fingerprint density at radius 1 is 0.733 bits per heavy atom. The van der Waals surface area contributed by atoms with Crippen LogP contribution in [0.5, 0.6) is 23.0 Å². The molecule has 4 aromatic carbocycles. The van der Waals surface area contributed by atoms with Crippen LogP contribution in [0.3, 0.4) is 0 Å². The van der Waals surface area contributed by atoms with Crippen LogP contribution in [-0.4, -0.2) is 11.3 Å². The molecule has 0 saturated heterocycles. The highest BCUT2D eigenvalue weighted by molar-refractivity contribution is 7.00. The lowest BCUT2D eigenvalue weighted by molar-refractivity contribution is 0.464. The Bertz CT molecular complexity index is 1660. The molecule has 0 bridgehead atoms. The number of para-hydroxylation sites is 1. The lowest BCUT2D eigenvalue weighted by atomic mass is 9.33. The SMILES string of the molecule is N#Cc1cc2c3c(c1)Oc1ccc4c5ccccc5n5c4c1B3c1c(cccc1-5)O2. The number of nitrogens with zero attached hydrogens (tertiary/aromatic N) is 2. The van der Waals surface area contributed by atoms with Gasteiger partial charge in [0.05, 0.1) is 22.7 Å². The Kier molecular flexibility index (Phi) is 2.31. The first-order valence-electron chi connectivity index (χ1n) is 9.96. The Balaban J connectivity index is 1.65. The van der Waals surface area contributed by atoms with Gasteiger partial charge in [-0.05, 0) is 53.4 Å². The van der Waals surface area contributed by atoms with Crippen molar-refractivity contribution >= 4 is 44.9 Å². The van der Waals surface area contributed by atoms with Crippen LogP contribution in [0.2, 0.25) is 0 Å². The monoisotopic (exact) mass is 382 g/mol. The fourth-order valence-electron chi connectivity index (χ4n) is 5.58. The average molecular weight is 382 g/mol. The van der Waals surface area contributed by atoms with Crippen molar-refractivity contribution in [1.82, 2.24) is 4.57 Å². The van der Waals surface area contributed by atoms with Crippen molar-refractivity contribution < 1.29 is 9.47 Å². The molecule has 4 nitrogen and oxygen atoms in total. The average Bonchev–Trinajstić information content (AvgIpc) is 3.13. The fourth-order valence-corrected chi connectivity index (χ4v) is 5.58. The van der Waals surface area contributed by atoms with E-state index in [0.29, 0.717) is 17.1 Å². The van der Waals surface area contributed by atoms with Crippen molar-refractivity contribution in [3.63, 3.8) is 0 Å². The first kappa shape index (κ1) is 14.8. The summed E-state index contributed by atoms with van der Waals surface area (Å²) in [6.45, 7) is 0.0342. The molecule has 3 aliphatic rings. The molecule has 0 amide bonds. The van der Waals surface area contributed by atoms with Gasteiger partial charge in [-0.1, -0.05) is 24.3 Å². The lowest BCUT2D eigenvalue weighted by Crippen LogP contribution is -2.60. The van der Waals surface area contributed by atoms with E-state index in [0.717, 1.165) is 22.6 Å². The quantitative estimate of drug-likeness (QED) is 0.376. The highest BCUT2D eigenvalue weighted by atomic mass is 16.5. The molecule has 0 atom stereocenters. The van der Waals surface area contributed by atoms with Crippen molar-refractivity contribution in [1.29, 1.82) is 5.26 Å². The van der Waals surface area contributed by atoms with Gasteiger partial charge in [0.25, 0.3) is 6.71 Å². The Morgan fingerprint density at radius 2 is 1.53 bits per heavy atom. The van der Waals surface area contributed by atoms with Crippen LogP contribution in [0, 0.1) is 11.3 Å². The lowest BCUT2D eigenvalue weighted by Gasteiger charge is -2.37. The molecule has 5 heteroatoms. The van der Waals surface area contributed by atoms with Crippen LogP contribution >= 0.6 is 0 Å². The number of nitriles is 1. The molecule has 3 aliphatic heterocycles. The molecule has 1 aromatic heterocycles. The Labute approximate surface area is 171 Å². The van der Waals surface area contributed by atoms with Crippen LogP contribution < -0.4 is 25.9 Å². The number of rotatable bonds is 0. The minimum atomic E-state index is 0.0342. The molecular formula is C25H11BN2O2. The van der Waals surface area contributed by atoms with Gasteiger partial charge in [0.15, 0.2) is 0 Å². The summed E-state index contributed by atoms with van der Waals surface area (Å²) >= 11 is 0. The second kappa shape index (κ2) is 4.69. The van der Waals surface area contributed by atoms with E-state index in [1.54, 1.807) is 0 Å². The Morgan fingerprint density at radius 3 is 2.37 bits per heavy atom. The van der Waals surface area contributed by atoms with E-state index >= 15 is 0 Å². The van der Waals surface area contributed by atoms with Gasteiger partial charge >= 0.3 is 0 Å². The summed E-state index contributed by atoms with van der Waals surface area (Å²) in [5.74, 6) is 3.13. The van der Waals surface area contributed by atoms with E-state index in [1.165, 1.54) is 32.7 Å². The van der Waals surface area contributed by atoms with Gasteiger partial charge in [-0.25, -0.2) is 0 Å². The third-order valence-electron chi connectivity index (χ3n) is 6.66. The van der Waals surface area contributed by atoms with Crippen molar-refractivity contribution in [2.45, 2.75) is 0 Å². The number of fused-ring (bicyclic) bond motifs is 4. The summed E-state index contributed by atoms with van der Waals surface area (Å²) in [4.78, 5) is 0. The van der Waals surface area contributed by atoms with Crippen molar-refractivity contribution in [3.8, 4) is 34.8 Å². The van der Waals surface area contributed by atoms with E-state index in [4.69, 9.17) is 9.47 Å². The largest absolute Gasteiger partial charge is 0.458 e. The topological polar surface area (TPSA) is 47.2 Å². The fraction of sp³-hybridized carbons (Fsp3) is 0. The third kappa shape index (κ3) is 1.47. The van der Waals surface area contributed by atoms with Crippen molar-refractivity contribution in [2.24, 2.45) is 0 Å².